The van der Waals surface area contributed by atoms with Crippen LogP contribution in [0, 0.1) is 0 Å². The van der Waals surface area contributed by atoms with Crippen LogP contribution in [0.2, 0.25) is 0 Å². The van der Waals surface area contributed by atoms with E-state index in [1.54, 1.807) is 7.11 Å². The molecular formula is C20H30N2O2S. The van der Waals surface area contributed by atoms with Gasteiger partial charge in [-0.1, -0.05) is 12.1 Å². The van der Waals surface area contributed by atoms with E-state index >= 15 is 0 Å². The maximum Gasteiger partial charge on any atom is 0.227 e. The highest BCUT2D eigenvalue weighted by Gasteiger charge is 2.41. The van der Waals surface area contributed by atoms with Crippen LogP contribution >= 0.6 is 11.8 Å². The number of carbonyl (C=O) groups is 1. The molecule has 1 aromatic rings. The van der Waals surface area contributed by atoms with Crippen molar-refractivity contribution in [2.75, 3.05) is 33.5 Å². The van der Waals surface area contributed by atoms with Crippen molar-refractivity contribution in [1.82, 2.24) is 9.80 Å². The van der Waals surface area contributed by atoms with Gasteiger partial charge in [-0.25, -0.2) is 0 Å². The van der Waals surface area contributed by atoms with E-state index in [0.717, 1.165) is 17.7 Å². The molecule has 2 fully saturated rings. The Morgan fingerprint density at radius 1 is 1.24 bits per heavy atom. The molecule has 1 amide bonds. The normalized spacial score (nSPS) is 26.8. The van der Waals surface area contributed by atoms with Crippen LogP contribution in [0.5, 0.6) is 5.75 Å². The number of hydrogen-bond donors (Lipinski definition) is 0. The van der Waals surface area contributed by atoms with Gasteiger partial charge in [0.1, 0.15) is 5.75 Å². The molecule has 138 valence electrons. The number of amides is 1. The van der Waals surface area contributed by atoms with Crippen molar-refractivity contribution in [2.24, 2.45) is 0 Å². The number of hydrogen-bond acceptors (Lipinski definition) is 4. The van der Waals surface area contributed by atoms with Gasteiger partial charge >= 0.3 is 0 Å². The average molecular weight is 363 g/mol. The monoisotopic (exact) mass is 362 g/mol. The fraction of sp³-hybridized carbons (Fsp3) is 0.650. The van der Waals surface area contributed by atoms with Crippen LogP contribution in [-0.4, -0.2) is 66.5 Å². The fourth-order valence-corrected chi connectivity index (χ4v) is 5.03. The van der Waals surface area contributed by atoms with Gasteiger partial charge in [0.2, 0.25) is 5.91 Å². The Bertz CT molecular complexity index is 572. The lowest BCUT2D eigenvalue weighted by atomic mass is 10.1. The minimum Gasteiger partial charge on any atom is -0.497 e. The van der Waals surface area contributed by atoms with Gasteiger partial charge in [-0.3, -0.25) is 9.69 Å². The zero-order chi connectivity index (χ0) is 17.8. The van der Waals surface area contributed by atoms with Gasteiger partial charge < -0.3 is 9.64 Å². The van der Waals surface area contributed by atoms with E-state index < -0.39 is 0 Å². The highest BCUT2D eigenvalue weighted by atomic mass is 32.2. The second-order valence-corrected chi connectivity index (χ2v) is 8.37. The van der Waals surface area contributed by atoms with Crippen molar-refractivity contribution in [3.05, 3.63) is 29.8 Å². The molecule has 1 saturated heterocycles. The molecule has 3 atom stereocenters. The van der Waals surface area contributed by atoms with Gasteiger partial charge in [-0.15, -0.1) is 0 Å². The standard InChI is InChI=1S/C20H30N2O2S/c1-21(20(23)12-15-6-8-16(24-2)9-7-15)18-13-17(25-3)14-19(18)22-10-4-5-11-22/h6-9,17-19H,4-5,10-14H2,1-3H3. The summed E-state index contributed by atoms with van der Waals surface area (Å²) >= 11 is 1.96. The first-order valence-corrected chi connectivity index (χ1v) is 10.6. The first-order valence-electron chi connectivity index (χ1n) is 9.27. The Morgan fingerprint density at radius 3 is 2.52 bits per heavy atom. The van der Waals surface area contributed by atoms with Crippen LogP contribution in [0.15, 0.2) is 24.3 Å². The molecule has 1 heterocycles. The van der Waals surface area contributed by atoms with Gasteiger partial charge in [0.25, 0.3) is 0 Å². The molecular weight excluding hydrogens is 332 g/mol. The molecule has 5 heteroatoms. The Morgan fingerprint density at radius 2 is 1.92 bits per heavy atom. The fourth-order valence-electron chi connectivity index (χ4n) is 4.25. The summed E-state index contributed by atoms with van der Waals surface area (Å²) in [5.41, 5.74) is 1.05. The van der Waals surface area contributed by atoms with Crippen LogP contribution in [0.25, 0.3) is 0 Å². The largest absolute Gasteiger partial charge is 0.497 e. The molecule has 2 aliphatic rings. The number of carbonyl (C=O) groups excluding carboxylic acids is 1. The number of nitrogens with zero attached hydrogens (tertiary/aromatic N) is 2. The number of methoxy groups -OCH3 is 1. The topological polar surface area (TPSA) is 32.8 Å². The van der Waals surface area contributed by atoms with E-state index in [4.69, 9.17) is 4.74 Å². The average Bonchev–Trinajstić information content (AvgIpc) is 3.30. The molecule has 4 nitrogen and oxygen atoms in total. The second-order valence-electron chi connectivity index (χ2n) is 7.24. The van der Waals surface area contributed by atoms with Crippen molar-refractivity contribution in [3.8, 4) is 5.75 Å². The minimum absolute atomic E-state index is 0.223. The van der Waals surface area contributed by atoms with E-state index in [1.807, 2.05) is 48.0 Å². The third kappa shape index (κ3) is 4.32. The molecule has 3 rings (SSSR count). The molecule has 0 bridgehead atoms. The Hall–Kier alpha value is -1.20. The molecule has 1 saturated carbocycles. The molecule has 0 aromatic heterocycles. The zero-order valence-electron chi connectivity index (χ0n) is 15.6. The summed E-state index contributed by atoms with van der Waals surface area (Å²) in [6.45, 7) is 2.39. The lowest BCUT2D eigenvalue weighted by molar-refractivity contribution is -0.132. The van der Waals surface area contributed by atoms with Gasteiger partial charge in [-0.2, -0.15) is 11.8 Å². The van der Waals surface area contributed by atoms with E-state index in [-0.39, 0.29) is 5.91 Å². The van der Waals surface area contributed by atoms with Crippen molar-refractivity contribution < 1.29 is 9.53 Å². The van der Waals surface area contributed by atoms with Gasteiger partial charge in [0, 0.05) is 24.4 Å². The Labute approximate surface area is 155 Å². The smallest absolute Gasteiger partial charge is 0.227 e. The van der Waals surface area contributed by atoms with Crippen molar-refractivity contribution in [1.29, 1.82) is 0 Å². The molecule has 25 heavy (non-hydrogen) atoms. The molecule has 1 aliphatic heterocycles. The van der Waals surface area contributed by atoms with Crippen LogP contribution in [0.1, 0.15) is 31.2 Å². The van der Waals surface area contributed by atoms with E-state index in [2.05, 4.69) is 11.2 Å². The SMILES string of the molecule is COc1ccc(CC(=O)N(C)C2CC(SC)CC2N2CCCC2)cc1. The third-order valence-corrected chi connectivity index (χ3v) is 6.85. The van der Waals surface area contributed by atoms with Crippen LogP contribution < -0.4 is 4.74 Å². The summed E-state index contributed by atoms with van der Waals surface area (Å²) in [5.74, 6) is 1.05. The Balaban J connectivity index is 1.66. The van der Waals surface area contributed by atoms with Gasteiger partial charge in [0.05, 0.1) is 13.5 Å². The van der Waals surface area contributed by atoms with E-state index in [9.17, 15) is 4.79 Å². The summed E-state index contributed by atoms with van der Waals surface area (Å²) in [7, 11) is 3.66. The highest BCUT2D eigenvalue weighted by Crippen LogP contribution is 2.36. The summed E-state index contributed by atoms with van der Waals surface area (Å²) in [5, 5.41) is 0.673. The number of likely N-dealkylation sites (tertiary alicyclic amines) is 1. The van der Waals surface area contributed by atoms with Crippen LogP contribution in [0.4, 0.5) is 0 Å². The van der Waals surface area contributed by atoms with Crippen LogP contribution in [-0.2, 0) is 11.2 Å². The van der Waals surface area contributed by atoms with E-state index in [0.29, 0.717) is 23.8 Å². The van der Waals surface area contributed by atoms with Crippen LogP contribution in [0.3, 0.4) is 0 Å². The maximum atomic E-state index is 12.9. The maximum absolute atomic E-state index is 12.9. The van der Waals surface area contributed by atoms with Gasteiger partial charge in [0.15, 0.2) is 0 Å². The third-order valence-electron chi connectivity index (χ3n) is 5.80. The summed E-state index contributed by atoms with van der Waals surface area (Å²) < 4.78 is 5.19. The number of rotatable bonds is 6. The number of thioether (sulfide) groups is 1. The summed E-state index contributed by atoms with van der Waals surface area (Å²) in [4.78, 5) is 17.5. The second kappa shape index (κ2) is 8.45. The minimum atomic E-state index is 0.223. The number of benzene rings is 1. The number of ether oxygens (including phenoxy) is 1. The Kier molecular flexibility index (Phi) is 6.29. The molecule has 0 radical (unpaired) electrons. The van der Waals surface area contributed by atoms with Crippen molar-refractivity contribution in [2.45, 2.75) is 49.4 Å². The number of likely N-dealkylation sites (N-methyl/N-ethyl adjacent to an activating group) is 1. The lowest BCUT2D eigenvalue weighted by Gasteiger charge is -2.35. The molecule has 0 N–H and O–H groups in total. The molecule has 0 spiro atoms. The summed E-state index contributed by atoms with van der Waals surface area (Å²) in [6.07, 6.45) is 7.60. The first kappa shape index (κ1) is 18.6. The van der Waals surface area contributed by atoms with Gasteiger partial charge in [-0.05, 0) is 62.7 Å². The first-order chi connectivity index (χ1) is 12.1. The molecule has 1 aliphatic carbocycles. The summed E-state index contributed by atoms with van der Waals surface area (Å²) in [6, 6.07) is 8.71. The predicted molar refractivity (Wildman–Crippen MR) is 104 cm³/mol. The quantitative estimate of drug-likeness (QED) is 0.779. The molecule has 1 aromatic carbocycles. The predicted octanol–water partition coefficient (Wildman–Crippen LogP) is 3.05. The van der Waals surface area contributed by atoms with Crippen molar-refractivity contribution in [3.63, 3.8) is 0 Å². The van der Waals surface area contributed by atoms with E-state index in [1.165, 1.54) is 32.4 Å². The zero-order valence-corrected chi connectivity index (χ0v) is 16.4. The highest BCUT2D eigenvalue weighted by molar-refractivity contribution is 7.99. The van der Waals surface area contributed by atoms with Crippen molar-refractivity contribution >= 4 is 17.7 Å². The molecule has 3 unspecified atom stereocenters. The lowest BCUT2D eigenvalue weighted by Crippen LogP contribution is -2.49.